The summed E-state index contributed by atoms with van der Waals surface area (Å²) in [5.41, 5.74) is -0.00988. The molecule has 59 heavy (non-hydrogen) atoms. The summed E-state index contributed by atoms with van der Waals surface area (Å²) in [6.07, 6.45) is -5.65. The average molecular weight is 816 g/mol. The summed E-state index contributed by atoms with van der Waals surface area (Å²) in [4.78, 5) is 59.0. The summed E-state index contributed by atoms with van der Waals surface area (Å²) in [5, 5.41) is 11.2. The van der Waals surface area contributed by atoms with Crippen LogP contribution < -0.4 is 15.1 Å². The number of alkyl halides is 6. The van der Waals surface area contributed by atoms with E-state index in [1.54, 1.807) is 85.0 Å². The zero-order valence-electron chi connectivity index (χ0n) is 31.3. The lowest BCUT2D eigenvalue weighted by atomic mass is 9.50. The van der Waals surface area contributed by atoms with Crippen molar-refractivity contribution in [2.75, 3.05) is 17.4 Å². The Bertz CT molecular complexity index is 2420. The maximum Gasteiger partial charge on any atom is 0.416 e. The number of nitrogens with one attached hydrogen (secondary N) is 1. The zero-order valence-corrected chi connectivity index (χ0v) is 31.3. The molecule has 8 rings (SSSR count). The first-order valence-corrected chi connectivity index (χ1v) is 18.6. The molecule has 3 fully saturated rings. The minimum Gasteiger partial charge on any atom is -0.504 e. The zero-order chi connectivity index (χ0) is 42.2. The molecule has 9 nitrogen and oxygen atoms in total. The number of fused-ring (bicyclic) bond motifs is 4. The van der Waals surface area contributed by atoms with Gasteiger partial charge < -0.3 is 9.84 Å². The van der Waals surface area contributed by atoms with Gasteiger partial charge in [-0.2, -0.15) is 31.4 Å². The monoisotopic (exact) mass is 815 g/mol. The molecule has 4 aromatic rings. The Morgan fingerprint density at radius 2 is 1.47 bits per heavy atom. The van der Waals surface area contributed by atoms with Crippen molar-refractivity contribution in [3.8, 4) is 11.5 Å². The van der Waals surface area contributed by atoms with Crippen LogP contribution in [0.1, 0.15) is 40.7 Å². The first-order chi connectivity index (χ1) is 27.9. The van der Waals surface area contributed by atoms with Gasteiger partial charge in [-0.05, 0) is 79.3 Å². The van der Waals surface area contributed by atoms with Crippen molar-refractivity contribution in [3.63, 3.8) is 0 Å². The third kappa shape index (κ3) is 6.43. The van der Waals surface area contributed by atoms with E-state index in [-0.39, 0.29) is 30.4 Å². The molecular weight excluding hydrogens is 780 g/mol. The minimum absolute atomic E-state index is 0.0781. The van der Waals surface area contributed by atoms with Crippen molar-refractivity contribution in [1.29, 1.82) is 0 Å². The minimum atomic E-state index is -5.23. The van der Waals surface area contributed by atoms with E-state index in [0.717, 1.165) is 10.6 Å². The second-order valence-corrected chi connectivity index (χ2v) is 15.2. The van der Waals surface area contributed by atoms with E-state index in [0.29, 0.717) is 39.4 Å². The molecule has 2 saturated heterocycles. The number of phenols is 1. The highest BCUT2D eigenvalue weighted by molar-refractivity contribution is 6.22. The van der Waals surface area contributed by atoms with Gasteiger partial charge in [0.2, 0.25) is 11.8 Å². The number of aryl methyl sites for hydroxylation is 1. The molecule has 1 saturated carbocycles. The molecule has 4 aromatic carbocycles. The van der Waals surface area contributed by atoms with Crippen LogP contribution in [-0.2, 0) is 36.9 Å². The summed E-state index contributed by atoms with van der Waals surface area (Å²) in [6.45, 7) is 1.87. The molecule has 4 amide bonds. The maximum absolute atomic E-state index is 15.2. The molecule has 304 valence electrons. The van der Waals surface area contributed by atoms with E-state index in [2.05, 4.69) is 5.43 Å². The Hall–Kier alpha value is -6.38. The fourth-order valence-corrected chi connectivity index (χ4v) is 9.32. The van der Waals surface area contributed by atoms with Crippen molar-refractivity contribution in [2.24, 2.45) is 29.6 Å². The van der Waals surface area contributed by atoms with E-state index >= 15 is 4.79 Å². The number of hydrogen-bond acceptors (Lipinski definition) is 7. The van der Waals surface area contributed by atoms with Crippen molar-refractivity contribution in [2.45, 2.75) is 37.5 Å². The van der Waals surface area contributed by atoms with Crippen LogP contribution in [0.25, 0.3) is 6.08 Å². The van der Waals surface area contributed by atoms with E-state index in [1.807, 2.05) is 6.92 Å². The van der Waals surface area contributed by atoms with Crippen LogP contribution in [0.15, 0.2) is 109 Å². The number of phenolic OH excluding ortho intramolecular Hbond substituents is 1. The molecule has 2 N–H and O–H groups in total. The molecule has 0 spiro atoms. The Morgan fingerprint density at radius 3 is 2.10 bits per heavy atom. The number of carbonyl (C=O) groups excluding carboxylic acids is 4. The predicted octanol–water partition coefficient (Wildman–Crippen LogP) is 8.48. The summed E-state index contributed by atoms with van der Waals surface area (Å²) in [5.74, 6) is -8.72. The number of nitrogens with zero attached hydrogens (tertiary/aromatic N) is 2. The molecule has 0 aromatic heterocycles. The number of halogens is 6. The Balaban J connectivity index is 1.28. The Labute approximate surface area is 333 Å². The van der Waals surface area contributed by atoms with Gasteiger partial charge in [0, 0.05) is 5.92 Å². The average Bonchev–Trinajstić information content (AvgIpc) is 3.58. The van der Waals surface area contributed by atoms with Crippen LogP contribution >= 0.6 is 0 Å². The number of aromatic hydroxyl groups is 1. The standard InChI is InChI=1S/C44H35F6N3O6/c1-23-8-12-28(13-9-23)51-53-39(56)34-22-32-30(33(16-10-24-11-17-35(54)36(18-24)59-2)42(34,41(53)58)25-6-4-3-5-7-25)14-15-31-37(32)40(57)52(38(31)55)29-20-26(43(45,46)47)19-27(21-29)44(48,49)50/h3-14,16-21,31-34,37,51,54H,15,22H2,1-2H3. The number of anilines is 2. The highest BCUT2D eigenvalue weighted by atomic mass is 19.4. The first kappa shape index (κ1) is 39.4. The second-order valence-electron chi connectivity index (χ2n) is 15.2. The fourth-order valence-electron chi connectivity index (χ4n) is 9.32. The topological polar surface area (TPSA) is 116 Å². The molecular formula is C44H35F6N3O6. The van der Waals surface area contributed by atoms with Gasteiger partial charge in [0.1, 0.15) is 0 Å². The summed E-state index contributed by atoms with van der Waals surface area (Å²) < 4.78 is 88.9. The summed E-state index contributed by atoms with van der Waals surface area (Å²) in [6, 6.07) is 20.8. The normalized spacial score (nSPS) is 25.6. The number of methoxy groups -OCH3 is 1. The number of rotatable bonds is 7. The van der Waals surface area contributed by atoms with E-state index in [4.69, 9.17) is 4.74 Å². The molecule has 15 heteroatoms. The maximum atomic E-state index is 15.2. The predicted molar refractivity (Wildman–Crippen MR) is 202 cm³/mol. The Morgan fingerprint density at radius 1 is 0.814 bits per heavy atom. The van der Waals surface area contributed by atoms with Crippen molar-refractivity contribution in [3.05, 3.63) is 137 Å². The largest absolute Gasteiger partial charge is 0.504 e. The SMILES string of the molecule is COc1cc(C=CC2C3=CCC4C(=O)N(c5cc(C(F)(F)F)cc(C(F)(F)F)c5)C(=O)C4C3CC3C(=O)N(Nc4ccc(C)cc4)C(=O)C23c2ccccc2)ccc1O. The number of hydrazine groups is 1. The number of benzene rings is 4. The molecule has 6 unspecified atom stereocenters. The lowest BCUT2D eigenvalue weighted by molar-refractivity contribution is -0.143. The van der Waals surface area contributed by atoms with Gasteiger partial charge in [-0.1, -0.05) is 77.9 Å². The van der Waals surface area contributed by atoms with Crippen molar-refractivity contribution in [1.82, 2.24) is 5.01 Å². The van der Waals surface area contributed by atoms with Crippen molar-refractivity contribution >= 4 is 41.1 Å². The number of ether oxygens (including phenoxy) is 1. The van der Waals surface area contributed by atoms with E-state index < -0.39 is 87.8 Å². The third-order valence-corrected chi connectivity index (χ3v) is 12.0. The lowest BCUT2D eigenvalue weighted by Gasteiger charge is -2.49. The van der Waals surface area contributed by atoms with Crippen LogP contribution in [-0.4, -0.2) is 40.9 Å². The van der Waals surface area contributed by atoms with E-state index in [1.165, 1.54) is 13.2 Å². The third-order valence-electron chi connectivity index (χ3n) is 12.0. The molecule has 0 radical (unpaired) electrons. The fraction of sp³-hybridized carbons (Fsp3) is 0.273. The van der Waals surface area contributed by atoms with Crippen LogP contribution in [0.3, 0.4) is 0 Å². The van der Waals surface area contributed by atoms with Gasteiger partial charge >= 0.3 is 12.4 Å². The smallest absolute Gasteiger partial charge is 0.416 e. The van der Waals surface area contributed by atoms with Gasteiger partial charge in [-0.15, -0.1) is 0 Å². The van der Waals surface area contributed by atoms with Crippen molar-refractivity contribution < 1.29 is 55.4 Å². The number of allylic oxidation sites excluding steroid dienone is 3. The number of carbonyl (C=O) groups is 4. The summed E-state index contributed by atoms with van der Waals surface area (Å²) in [7, 11) is 1.37. The van der Waals surface area contributed by atoms with Gasteiger partial charge in [0.15, 0.2) is 11.5 Å². The first-order valence-electron chi connectivity index (χ1n) is 18.6. The second kappa shape index (κ2) is 14.2. The van der Waals surface area contributed by atoms with Crippen LogP contribution in [0.4, 0.5) is 37.7 Å². The van der Waals surface area contributed by atoms with Crippen LogP contribution in [0.2, 0.25) is 0 Å². The highest BCUT2D eigenvalue weighted by Gasteiger charge is 2.69. The van der Waals surface area contributed by atoms with Crippen LogP contribution in [0, 0.1) is 36.5 Å². The van der Waals surface area contributed by atoms with Crippen LogP contribution in [0.5, 0.6) is 11.5 Å². The number of amides is 4. The van der Waals surface area contributed by atoms with Gasteiger partial charge in [0.05, 0.1) is 52.8 Å². The van der Waals surface area contributed by atoms with Gasteiger partial charge in [0.25, 0.3) is 11.8 Å². The quantitative estimate of drug-likeness (QED) is 0.109. The number of imide groups is 2. The molecule has 2 aliphatic heterocycles. The molecule has 2 heterocycles. The van der Waals surface area contributed by atoms with E-state index in [9.17, 15) is 45.8 Å². The van der Waals surface area contributed by atoms with Gasteiger partial charge in [-0.25, -0.2) is 4.90 Å². The number of hydrogen-bond donors (Lipinski definition) is 2. The molecule has 6 atom stereocenters. The molecule has 4 aliphatic rings. The molecule has 0 bridgehead atoms. The molecule has 2 aliphatic carbocycles. The van der Waals surface area contributed by atoms with Gasteiger partial charge in [-0.3, -0.25) is 24.6 Å². The summed E-state index contributed by atoms with van der Waals surface area (Å²) >= 11 is 0. The lowest BCUT2D eigenvalue weighted by Crippen LogP contribution is -2.54. The highest BCUT2D eigenvalue weighted by Crippen LogP contribution is 2.62. The Kier molecular flexibility index (Phi) is 9.47.